The molecule has 0 aromatic carbocycles. The van der Waals surface area contributed by atoms with E-state index in [0.717, 1.165) is 44.2 Å². The minimum atomic E-state index is 0.663. The second kappa shape index (κ2) is 10.3. The first-order valence-electron chi connectivity index (χ1n) is 7.70. The summed E-state index contributed by atoms with van der Waals surface area (Å²) >= 11 is 0. The van der Waals surface area contributed by atoms with E-state index in [1.807, 2.05) is 33.9 Å². The zero-order chi connectivity index (χ0) is 15.5. The van der Waals surface area contributed by atoms with Crippen LogP contribution in [0.4, 0.5) is 11.8 Å². The van der Waals surface area contributed by atoms with E-state index in [-0.39, 0.29) is 0 Å². The molecule has 0 bridgehead atoms. The van der Waals surface area contributed by atoms with Crippen LogP contribution in [-0.4, -0.2) is 56.0 Å². The molecule has 0 radical (unpaired) electrons. The van der Waals surface area contributed by atoms with Crippen molar-refractivity contribution in [3.63, 3.8) is 0 Å². The van der Waals surface area contributed by atoms with Crippen molar-refractivity contribution in [3.8, 4) is 0 Å². The zero-order valence-corrected chi connectivity index (χ0v) is 13.7. The number of hydrogen-bond donors (Lipinski definition) is 1. The second-order valence-electron chi connectivity index (χ2n) is 4.61. The molecule has 120 valence electrons. The van der Waals surface area contributed by atoms with Crippen LogP contribution in [0.25, 0.3) is 0 Å². The Labute approximate surface area is 127 Å². The lowest BCUT2D eigenvalue weighted by Gasteiger charge is -2.25. The smallest absolute Gasteiger partial charge is 0.224 e. The normalized spacial score (nSPS) is 10.7. The number of aromatic nitrogens is 2. The molecule has 0 saturated heterocycles. The van der Waals surface area contributed by atoms with Crippen LogP contribution in [0.15, 0.2) is 6.20 Å². The molecule has 21 heavy (non-hydrogen) atoms. The first-order chi connectivity index (χ1) is 10.2. The van der Waals surface area contributed by atoms with Crippen LogP contribution in [0.5, 0.6) is 0 Å². The summed E-state index contributed by atoms with van der Waals surface area (Å²) in [6, 6.07) is 0. The Hall–Kier alpha value is -1.40. The van der Waals surface area contributed by atoms with Gasteiger partial charge in [0.05, 0.1) is 13.2 Å². The number of nitrogens with zero attached hydrogens (tertiary/aromatic N) is 3. The quantitative estimate of drug-likeness (QED) is 0.631. The van der Waals surface area contributed by atoms with Gasteiger partial charge in [0.25, 0.3) is 0 Å². The Bertz CT molecular complexity index is 391. The summed E-state index contributed by atoms with van der Waals surface area (Å²) in [4.78, 5) is 11.1. The Balaban J connectivity index is 2.80. The molecule has 0 fully saturated rings. The van der Waals surface area contributed by atoms with Crippen molar-refractivity contribution in [2.45, 2.75) is 27.7 Å². The first kappa shape index (κ1) is 17.7. The summed E-state index contributed by atoms with van der Waals surface area (Å²) in [5.74, 6) is 1.61. The molecule has 0 aliphatic heterocycles. The molecule has 0 saturated carbocycles. The molecule has 1 aromatic heterocycles. The molecule has 6 nitrogen and oxygen atoms in total. The van der Waals surface area contributed by atoms with Crippen LogP contribution >= 0.6 is 0 Å². The predicted molar refractivity (Wildman–Crippen MR) is 86.1 cm³/mol. The molecule has 1 aromatic rings. The van der Waals surface area contributed by atoms with Gasteiger partial charge in [0, 0.05) is 44.6 Å². The standard InChI is InChI=1S/C15H28N4O2/c1-5-16-15-17-12-13(4)14(18-15)19(8-10-20-6-2)9-11-21-7-3/h12H,5-11H2,1-4H3,(H,16,17,18). The van der Waals surface area contributed by atoms with E-state index in [2.05, 4.69) is 20.2 Å². The molecule has 1 heterocycles. The first-order valence-corrected chi connectivity index (χ1v) is 7.70. The van der Waals surface area contributed by atoms with Crippen LogP contribution in [0.2, 0.25) is 0 Å². The Morgan fingerprint density at radius 2 is 1.71 bits per heavy atom. The summed E-state index contributed by atoms with van der Waals surface area (Å²) in [6.07, 6.45) is 1.86. The summed E-state index contributed by atoms with van der Waals surface area (Å²) in [6.45, 7) is 13.3. The van der Waals surface area contributed by atoms with Crippen LogP contribution in [0.1, 0.15) is 26.3 Å². The SMILES string of the molecule is CCNc1ncc(C)c(N(CCOCC)CCOCC)n1. The fourth-order valence-corrected chi connectivity index (χ4v) is 1.96. The lowest BCUT2D eigenvalue weighted by Crippen LogP contribution is -2.32. The topological polar surface area (TPSA) is 59.5 Å². The molecule has 0 aliphatic carbocycles. The molecule has 0 unspecified atom stereocenters. The highest BCUT2D eigenvalue weighted by Crippen LogP contribution is 2.17. The molecule has 1 rings (SSSR count). The fourth-order valence-electron chi connectivity index (χ4n) is 1.96. The molecule has 1 N–H and O–H groups in total. The number of ether oxygens (including phenoxy) is 2. The largest absolute Gasteiger partial charge is 0.380 e. The van der Waals surface area contributed by atoms with E-state index in [1.165, 1.54) is 0 Å². The van der Waals surface area contributed by atoms with Gasteiger partial charge in [0.2, 0.25) is 5.95 Å². The number of nitrogens with one attached hydrogen (secondary N) is 1. The number of anilines is 2. The lowest BCUT2D eigenvalue weighted by atomic mass is 10.3. The second-order valence-corrected chi connectivity index (χ2v) is 4.61. The Kier molecular flexibility index (Phi) is 8.69. The molecular weight excluding hydrogens is 268 g/mol. The van der Waals surface area contributed by atoms with Crippen LogP contribution in [-0.2, 0) is 9.47 Å². The van der Waals surface area contributed by atoms with Crippen LogP contribution in [0.3, 0.4) is 0 Å². The molecule has 0 atom stereocenters. The van der Waals surface area contributed by atoms with Crippen molar-refractivity contribution in [1.29, 1.82) is 0 Å². The summed E-state index contributed by atoms with van der Waals surface area (Å²) in [5, 5.41) is 3.15. The van der Waals surface area contributed by atoms with Crippen LogP contribution < -0.4 is 10.2 Å². The monoisotopic (exact) mass is 296 g/mol. The average Bonchev–Trinajstić information content (AvgIpc) is 2.48. The summed E-state index contributed by atoms with van der Waals surface area (Å²) < 4.78 is 10.9. The maximum absolute atomic E-state index is 5.47. The molecule has 0 spiro atoms. The van der Waals surface area contributed by atoms with Gasteiger partial charge in [0.1, 0.15) is 5.82 Å². The van der Waals surface area contributed by atoms with Gasteiger partial charge in [0.15, 0.2) is 0 Å². The van der Waals surface area contributed by atoms with Crippen molar-refractivity contribution < 1.29 is 9.47 Å². The van der Waals surface area contributed by atoms with Crippen molar-refractivity contribution in [2.24, 2.45) is 0 Å². The van der Waals surface area contributed by atoms with Crippen molar-refractivity contribution in [1.82, 2.24) is 9.97 Å². The summed E-state index contributed by atoms with van der Waals surface area (Å²) in [7, 11) is 0. The van der Waals surface area contributed by atoms with Gasteiger partial charge in [-0.2, -0.15) is 4.98 Å². The predicted octanol–water partition coefficient (Wildman–Crippen LogP) is 2.10. The third-order valence-electron chi connectivity index (χ3n) is 3.00. The highest BCUT2D eigenvalue weighted by atomic mass is 16.5. The minimum absolute atomic E-state index is 0.663. The van der Waals surface area contributed by atoms with Gasteiger partial charge >= 0.3 is 0 Å². The highest BCUT2D eigenvalue weighted by Gasteiger charge is 2.12. The van der Waals surface area contributed by atoms with E-state index in [9.17, 15) is 0 Å². The van der Waals surface area contributed by atoms with E-state index in [1.54, 1.807) is 0 Å². The molecule has 0 aliphatic rings. The highest BCUT2D eigenvalue weighted by molar-refractivity contribution is 5.49. The fraction of sp³-hybridized carbons (Fsp3) is 0.733. The third kappa shape index (κ3) is 6.27. The van der Waals surface area contributed by atoms with Crippen molar-refractivity contribution >= 4 is 11.8 Å². The van der Waals surface area contributed by atoms with E-state index in [0.29, 0.717) is 19.2 Å². The Morgan fingerprint density at radius 1 is 1.10 bits per heavy atom. The zero-order valence-electron chi connectivity index (χ0n) is 13.7. The molecule has 6 heteroatoms. The summed E-state index contributed by atoms with van der Waals surface area (Å²) in [5.41, 5.74) is 1.06. The Morgan fingerprint density at radius 3 is 2.24 bits per heavy atom. The van der Waals surface area contributed by atoms with Crippen molar-refractivity contribution in [2.75, 3.05) is 56.3 Å². The van der Waals surface area contributed by atoms with E-state index in [4.69, 9.17) is 9.47 Å². The van der Waals surface area contributed by atoms with Gasteiger partial charge in [-0.15, -0.1) is 0 Å². The number of rotatable bonds is 11. The number of aryl methyl sites for hydroxylation is 1. The maximum Gasteiger partial charge on any atom is 0.224 e. The van der Waals surface area contributed by atoms with Gasteiger partial charge in [-0.1, -0.05) is 0 Å². The van der Waals surface area contributed by atoms with Gasteiger partial charge < -0.3 is 19.7 Å². The van der Waals surface area contributed by atoms with Crippen molar-refractivity contribution in [3.05, 3.63) is 11.8 Å². The van der Waals surface area contributed by atoms with Gasteiger partial charge in [-0.3, -0.25) is 0 Å². The minimum Gasteiger partial charge on any atom is -0.380 e. The maximum atomic E-state index is 5.47. The third-order valence-corrected chi connectivity index (χ3v) is 3.00. The van der Waals surface area contributed by atoms with Gasteiger partial charge in [-0.05, 0) is 27.7 Å². The van der Waals surface area contributed by atoms with Gasteiger partial charge in [-0.25, -0.2) is 4.98 Å². The molecular formula is C15H28N4O2. The van der Waals surface area contributed by atoms with E-state index < -0.39 is 0 Å². The number of hydrogen-bond acceptors (Lipinski definition) is 6. The van der Waals surface area contributed by atoms with Crippen LogP contribution in [0, 0.1) is 6.92 Å². The lowest BCUT2D eigenvalue weighted by molar-refractivity contribution is 0.141. The molecule has 0 amide bonds. The van der Waals surface area contributed by atoms with E-state index >= 15 is 0 Å². The average molecular weight is 296 g/mol.